The van der Waals surface area contributed by atoms with Gasteiger partial charge in [-0.25, -0.2) is 9.18 Å². The van der Waals surface area contributed by atoms with Crippen LogP contribution in [0.15, 0.2) is 47.2 Å². The van der Waals surface area contributed by atoms with Gasteiger partial charge in [0.15, 0.2) is 0 Å². The SMILES string of the molecule is CCOC(=O)C1=C(C)N(CC(C)C)C(=O)/C1=C\c1cc(C)n(-c2ccc(F)cc2)c1C. The molecule has 1 aromatic carbocycles. The molecular formula is C25H29FN2O3. The summed E-state index contributed by atoms with van der Waals surface area (Å²) in [5.74, 6) is -0.723. The van der Waals surface area contributed by atoms with Crippen LogP contribution < -0.4 is 0 Å². The fourth-order valence-corrected chi connectivity index (χ4v) is 3.99. The van der Waals surface area contributed by atoms with Gasteiger partial charge < -0.3 is 14.2 Å². The highest BCUT2D eigenvalue weighted by Gasteiger charge is 2.37. The second kappa shape index (κ2) is 8.92. The lowest BCUT2D eigenvalue weighted by Crippen LogP contribution is -2.28. The van der Waals surface area contributed by atoms with Gasteiger partial charge in [0.1, 0.15) is 5.82 Å². The molecule has 0 radical (unpaired) electrons. The van der Waals surface area contributed by atoms with Crippen molar-refractivity contribution >= 4 is 18.0 Å². The van der Waals surface area contributed by atoms with Crippen molar-refractivity contribution < 1.29 is 18.7 Å². The van der Waals surface area contributed by atoms with E-state index < -0.39 is 5.97 Å². The van der Waals surface area contributed by atoms with E-state index in [1.54, 1.807) is 37.0 Å². The van der Waals surface area contributed by atoms with Gasteiger partial charge in [-0.15, -0.1) is 0 Å². The average Bonchev–Trinajstić information content (AvgIpc) is 3.10. The monoisotopic (exact) mass is 424 g/mol. The highest BCUT2D eigenvalue weighted by Crippen LogP contribution is 2.33. The molecule has 0 atom stereocenters. The molecule has 5 nitrogen and oxygen atoms in total. The molecule has 0 saturated heterocycles. The van der Waals surface area contributed by atoms with Gasteiger partial charge in [0.05, 0.1) is 17.8 Å². The molecule has 2 heterocycles. The average molecular weight is 425 g/mol. The van der Waals surface area contributed by atoms with Gasteiger partial charge >= 0.3 is 5.97 Å². The first kappa shape index (κ1) is 22.5. The lowest BCUT2D eigenvalue weighted by atomic mass is 10.0. The third-order valence-corrected chi connectivity index (χ3v) is 5.39. The number of ether oxygens (including phenoxy) is 1. The number of aromatic nitrogens is 1. The zero-order chi connectivity index (χ0) is 22.9. The summed E-state index contributed by atoms with van der Waals surface area (Å²) in [6.07, 6.45) is 1.76. The Morgan fingerprint density at radius 3 is 2.39 bits per heavy atom. The molecule has 0 N–H and O–H groups in total. The highest BCUT2D eigenvalue weighted by molar-refractivity contribution is 6.16. The number of carbonyl (C=O) groups is 2. The molecule has 6 heteroatoms. The summed E-state index contributed by atoms with van der Waals surface area (Å²) in [5, 5.41) is 0. The molecule has 31 heavy (non-hydrogen) atoms. The van der Waals surface area contributed by atoms with Crippen molar-refractivity contribution in [1.29, 1.82) is 0 Å². The molecular weight excluding hydrogens is 395 g/mol. The summed E-state index contributed by atoms with van der Waals surface area (Å²) in [5.41, 5.74) is 4.78. The second-order valence-corrected chi connectivity index (χ2v) is 8.19. The van der Waals surface area contributed by atoms with Crippen molar-refractivity contribution in [2.75, 3.05) is 13.2 Å². The molecule has 3 rings (SSSR count). The Hall–Kier alpha value is -3.15. The number of hydrogen-bond acceptors (Lipinski definition) is 3. The van der Waals surface area contributed by atoms with Gasteiger partial charge in [-0.3, -0.25) is 4.79 Å². The van der Waals surface area contributed by atoms with Crippen molar-refractivity contribution in [3.63, 3.8) is 0 Å². The lowest BCUT2D eigenvalue weighted by Gasteiger charge is -2.19. The Kier molecular flexibility index (Phi) is 6.48. The lowest BCUT2D eigenvalue weighted by molar-refractivity contribution is -0.138. The molecule has 164 valence electrons. The van der Waals surface area contributed by atoms with E-state index in [-0.39, 0.29) is 24.2 Å². The van der Waals surface area contributed by atoms with E-state index in [2.05, 4.69) is 0 Å². The van der Waals surface area contributed by atoms with Gasteiger partial charge in [0.2, 0.25) is 0 Å². The van der Waals surface area contributed by atoms with Gasteiger partial charge in [-0.2, -0.15) is 0 Å². The number of allylic oxidation sites excluding steroid dienone is 1. The number of halogens is 1. The molecule has 1 aliphatic heterocycles. The fraction of sp³-hybridized carbons (Fsp3) is 0.360. The fourth-order valence-electron chi connectivity index (χ4n) is 3.99. The first-order chi connectivity index (χ1) is 14.6. The zero-order valence-corrected chi connectivity index (χ0v) is 19.0. The Balaban J connectivity index is 2.10. The number of nitrogens with zero attached hydrogens (tertiary/aromatic N) is 2. The normalized spacial score (nSPS) is 15.5. The van der Waals surface area contributed by atoms with E-state index in [4.69, 9.17) is 4.74 Å². The van der Waals surface area contributed by atoms with Crippen LogP contribution in [0, 0.1) is 25.6 Å². The summed E-state index contributed by atoms with van der Waals surface area (Å²) >= 11 is 0. The third kappa shape index (κ3) is 4.33. The molecule has 1 amide bonds. The maximum atomic E-state index is 13.4. The van der Waals surface area contributed by atoms with Gasteiger partial charge in [-0.1, -0.05) is 13.8 Å². The maximum absolute atomic E-state index is 13.4. The molecule has 0 unspecified atom stereocenters. The number of esters is 1. The number of carbonyl (C=O) groups excluding carboxylic acids is 2. The van der Waals surface area contributed by atoms with E-state index in [0.717, 1.165) is 22.6 Å². The zero-order valence-electron chi connectivity index (χ0n) is 19.0. The molecule has 1 aliphatic rings. The minimum absolute atomic E-state index is 0.194. The maximum Gasteiger partial charge on any atom is 0.340 e. The van der Waals surface area contributed by atoms with E-state index in [9.17, 15) is 14.0 Å². The van der Waals surface area contributed by atoms with Crippen LogP contribution in [0.4, 0.5) is 4.39 Å². The third-order valence-electron chi connectivity index (χ3n) is 5.39. The topological polar surface area (TPSA) is 51.5 Å². The first-order valence-corrected chi connectivity index (χ1v) is 10.5. The first-order valence-electron chi connectivity index (χ1n) is 10.5. The molecule has 0 fully saturated rings. The van der Waals surface area contributed by atoms with Crippen molar-refractivity contribution in [3.05, 3.63) is 69.9 Å². The quantitative estimate of drug-likeness (QED) is 0.487. The smallest absolute Gasteiger partial charge is 0.340 e. The molecule has 0 spiro atoms. The summed E-state index contributed by atoms with van der Waals surface area (Å²) < 4.78 is 20.6. The Labute approximate surface area is 182 Å². The minimum Gasteiger partial charge on any atom is -0.462 e. The van der Waals surface area contributed by atoms with Crippen LogP contribution in [-0.2, 0) is 14.3 Å². The van der Waals surface area contributed by atoms with Gasteiger partial charge in [0.25, 0.3) is 5.91 Å². The van der Waals surface area contributed by atoms with Crippen LogP contribution in [0.25, 0.3) is 11.8 Å². The molecule has 1 aromatic heterocycles. The number of rotatable bonds is 6. The second-order valence-electron chi connectivity index (χ2n) is 8.19. The largest absolute Gasteiger partial charge is 0.462 e. The van der Waals surface area contributed by atoms with Crippen LogP contribution in [0.2, 0.25) is 0 Å². The summed E-state index contributed by atoms with van der Waals surface area (Å²) in [7, 11) is 0. The summed E-state index contributed by atoms with van der Waals surface area (Å²) in [6.45, 7) is 12.2. The molecule has 0 bridgehead atoms. The van der Waals surface area contributed by atoms with Crippen LogP contribution in [0.1, 0.15) is 44.6 Å². The Morgan fingerprint density at radius 2 is 1.81 bits per heavy atom. The number of aryl methyl sites for hydroxylation is 1. The molecule has 0 aliphatic carbocycles. The Bertz CT molecular complexity index is 1070. The Morgan fingerprint density at radius 1 is 1.16 bits per heavy atom. The molecule has 0 saturated carbocycles. The van der Waals surface area contributed by atoms with E-state index in [1.165, 1.54) is 12.1 Å². The van der Waals surface area contributed by atoms with Crippen molar-refractivity contribution in [2.45, 2.75) is 41.5 Å². The van der Waals surface area contributed by atoms with E-state index in [1.807, 2.05) is 38.3 Å². The number of hydrogen-bond donors (Lipinski definition) is 0. The van der Waals surface area contributed by atoms with Crippen molar-refractivity contribution in [1.82, 2.24) is 9.47 Å². The standard InChI is InChI=1S/C25H29FN2O3/c1-7-31-25(30)23-18(6)27(14-15(2)3)24(29)22(23)13-19-12-16(4)28(17(19)5)21-10-8-20(26)9-11-21/h8-13,15H,7,14H2,1-6H3/b22-13-. The van der Waals surface area contributed by atoms with Crippen LogP contribution >= 0.6 is 0 Å². The van der Waals surface area contributed by atoms with Gasteiger partial charge in [0, 0.05) is 29.3 Å². The minimum atomic E-state index is -0.488. The van der Waals surface area contributed by atoms with E-state index >= 15 is 0 Å². The predicted molar refractivity (Wildman–Crippen MR) is 119 cm³/mol. The highest BCUT2D eigenvalue weighted by atomic mass is 19.1. The van der Waals surface area contributed by atoms with Crippen molar-refractivity contribution in [2.24, 2.45) is 5.92 Å². The molecule has 2 aromatic rings. The summed E-state index contributed by atoms with van der Waals surface area (Å²) in [4.78, 5) is 27.6. The van der Waals surface area contributed by atoms with Crippen LogP contribution in [0.5, 0.6) is 0 Å². The van der Waals surface area contributed by atoms with Crippen LogP contribution in [0.3, 0.4) is 0 Å². The number of benzene rings is 1. The number of amides is 1. The predicted octanol–water partition coefficient (Wildman–Crippen LogP) is 4.95. The van der Waals surface area contributed by atoms with Gasteiger partial charge in [-0.05, 0) is 75.6 Å². The van der Waals surface area contributed by atoms with E-state index in [0.29, 0.717) is 23.4 Å². The summed E-state index contributed by atoms with van der Waals surface area (Å²) in [6, 6.07) is 8.22. The van der Waals surface area contributed by atoms with Crippen LogP contribution in [-0.4, -0.2) is 34.5 Å². The van der Waals surface area contributed by atoms with Crippen molar-refractivity contribution in [3.8, 4) is 5.69 Å².